The first-order chi connectivity index (χ1) is 12.4. The van der Waals surface area contributed by atoms with Crippen LogP contribution in [0, 0.1) is 17.8 Å². The fourth-order valence-electron chi connectivity index (χ4n) is 4.40. The molecule has 0 aliphatic heterocycles. The highest BCUT2D eigenvalue weighted by molar-refractivity contribution is 7.89. The number of carbonyl (C=O) groups is 1. The quantitative estimate of drug-likeness (QED) is 0.693. The predicted molar refractivity (Wildman–Crippen MR) is 97.3 cm³/mol. The van der Waals surface area contributed by atoms with Gasteiger partial charge in [-0.3, -0.25) is 4.79 Å². The van der Waals surface area contributed by atoms with E-state index >= 15 is 0 Å². The summed E-state index contributed by atoms with van der Waals surface area (Å²) >= 11 is 0. The van der Waals surface area contributed by atoms with Crippen LogP contribution >= 0.6 is 0 Å². The summed E-state index contributed by atoms with van der Waals surface area (Å²) in [6.07, 6.45) is 4.87. The van der Waals surface area contributed by atoms with Crippen LogP contribution in [0.3, 0.4) is 0 Å². The molecule has 1 aromatic carbocycles. The number of amides is 1. The van der Waals surface area contributed by atoms with E-state index in [0.29, 0.717) is 17.5 Å². The molecule has 26 heavy (non-hydrogen) atoms. The van der Waals surface area contributed by atoms with Crippen LogP contribution in [0.25, 0.3) is 0 Å². The summed E-state index contributed by atoms with van der Waals surface area (Å²) in [5.41, 5.74) is 6.68. The monoisotopic (exact) mass is 379 g/mol. The molecule has 1 aromatic rings. The molecule has 4 unspecified atom stereocenters. The molecule has 2 bridgehead atoms. The highest BCUT2D eigenvalue weighted by Crippen LogP contribution is 2.48. The first kappa shape index (κ1) is 17.8. The molecule has 0 heterocycles. The second-order valence-corrected chi connectivity index (χ2v) is 9.37. The number of carbonyl (C=O) groups excluding carboxylic acids is 1. The maximum Gasteiger partial charge on any atom is 0.244 e. The zero-order valence-corrected chi connectivity index (χ0v) is 15.6. The molecule has 4 atom stereocenters. The lowest BCUT2D eigenvalue weighted by molar-refractivity contribution is -0.121. The van der Waals surface area contributed by atoms with Crippen LogP contribution in [0.15, 0.2) is 23.1 Å². The minimum atomic E-state index is -3.69. The van der Waals surface area contributed by atoms with E-state index in [1.54, 1.807) is 12.1 Å². The van der Waals surface area contributed by atoms with Crippen molar-refractivity contribution < 1.29 is 17.9 Å². The molecule has 8 heteroatoms. The highest BCUT2D eigenvalue weighted by atomic mass is 32.2. The van der Waals surface area contributed by atoms with Gasteiger partial charge >= 0.3 is 0 Å². The summed E-state index contributed by atoms with van der Waals surface area (Å²) in [5.74, 6) is 0.722. The van der Waals surface area contributed by atoms with Crippen molar-refractivity contribution in [1.82, 2.24) is 4.72 Å². The fourth-order valence-corrected chi connectivity index (χ4v) is 5.90. The summed E-state index contributed by atoms with van der Waals surface area (Å²) in [4.78, 5) is 12.8. The van der Waals surface area contributed by atoms with Crippen LogP contribution in [-0.4, -0.2) is 33.5 Å². The zero-order chi connectivity index (χ0) is 18.5. The van der Waals surface area contributed by atoms with Crippen molar-refractivity contribution in [3.05, 3.63) is 18.2 Å². The normalized spacial score (nSPS) is 30.4. The maximum absolute atomic E-state index is 12.7. The number of nitrogens with two attached hydrogens (primary N) is 1. The molecule has 4 rings (SSSR count). The number of fused-ring (bicyclic) bond motifs is 2. The summed E-state index contributed by atoms with van der Waals surface area (Å²) in [5, 5.41) is 2.87. The Kier molecular flexibility index (Phi) is 4.45. The molecule has 7 nitrogen and oxygen atoms in total. The third-order valence-corrected chi connectivity index (χ3v) is 7.44. The Morgan fingerprint density at radius 2 is 1.92 bits per heavy atom. The van der Waals surface area contributed by atoms with E-state index < -0.39 is 10.0 Å². The Morgan fingerprint density at radius 1 is 1.19 bits per heavy atom. The highest BCUT2D eigenvalue weighted by Gasteiger charge is 2.49. The lowest BCUT2D eigenvalue weighted by atomic mass is 9.84. The summed E-state index contributed by atoms with van der Waals surface area (Å²) in [7, 11) is -2.26. The standard InChI is InChI=1S/C18H25N3O4S/c1-25-14-7-6-13(9-15(14)26(23,24)21-12-4-5-12)20-18(22)16-10-2-3-11(8-10)17(16)19/h6-7,9-12,16-17,21H,2-5,8,19H2,1H3,(H,20,22). The molecule has 4 N–H and O–H groups in total. The molecule has 142 valence electrons. The number of hydrogen-bond donors (Lipinski definition) is 3. The molecular weight excluding hydrogens is 354 g/mol. The molecule has 3 fully saturated rings. The van der Waals surface area contributed by atoms with Gasteiger partial charge in [-0.25, -0.2) is 13.1 Å². The van der Waals surface area contributed by atoms with E-state index in [0.717, 1.165) is 32.1 Å². The topological polar surface area (TPSA) is 111 Å². The molecule has 3 aliphatic carbocycles. The van der Waals surface area contributed by atoms with Crippen LogP contribution < -0.4 is 20.5 Å². The van der Waals surface area contributed by atoms with Gasteiger partial charge in [0.15, 0.2) is 0 Å². The fraction of sp³-hybridized carbons (Fsp3) is 0.611. The number of nitrogens with one attached hydrogen (secondary N) is 2. The van der Waals surface area contributed by atoms with Crippen molar-refractivity contribution in [2.45, 2.75) is 49.1 Å². The second kappa shape index (κ2) is 6.51. The van der Waals surface area contributed by atoms with E-state index in [-0.39, 0.29) is 34.6 Å². The van der Waals surface area contributed by atoms with Gasteiger partial charge in [-0.1, -0.05) is 0 Å². The average Bonchev–Trinajstić information content (AvgIpc) is 3.17. The van der Waals surface area contributed by atoms with E-state index in [9.17, 15) is 13.2 Å². The minimum Gasteiger partial charge on any atom is -0.495 e. The third-order valence-electron chi connectivity index (χ3n) is 5.90. The molecule has 0 radical (unpaired) electrons. The van der Waals surface area contributed by atoms with Gasteiger partial charge in [-0.05, 0) is 62.1 Å². The minimum absolute atomic E-state index is 0.00464. The van der Waals surface area contributed by atoms with Gasteiger partial charge < -0.3 is 15.8 Å². The largest absolute Gasteiger partial charge is 0.495 e. The lowest BCUT2D eigenvalue weighted by Crippen LogP contribution is -2.42. The van der Waals surface area contributed by atoms with Crippen molar-refractivity contribution in [1.29, 1.82) is 0 Å². The van der Waals surface area contributed by atoms with Crippen LogP contribution in [0.4, 0.5) is 5.69 Å². The Bertz CT molecular complexity index is 820. The van der Waals surface area contributed by atoms with Crippen molar-refractivity contribution in [3.63, 3.8) is 0 Å². The maximum atomic E-state index is 12.7. The molecule has 3 saturated carbocycles. The predicted octanol–water partition coefficient (Wildman–Crippen LogP) is 1.45. The van der Waals surface area contributed by atoms with Gasteiger partial charge in [0.05, 0.1) is 13.0 Å². The van der Waals surface area contributed by atoms with Crippen molar-refractivity contribution in [2.24, 2.45) is 23.5 Å². The average molecular weight is 379 g/mol. The molecule has 0 aromatic heterocycles. The number of hydrogen-bond acceptors (Lipinski definition) is 5. The SMILES string of the molecule is COc1ccc(NC(=O)C2C3CCC(C3)C2N)cc1S(=O)(=O)NC1CC1. The van der Waals surface area contributed by atoms with Gasteiger partial charge in [-0.2, -0.15) is 0 Å². The smallest absolute Gasteiger partial charge is 0.244 e. The lowest BCUT2D eigenvalue weighted by Gasteiger charge is -2.27. The summed E-state index contributed by atoms with van der Waals surface area (Å²) < 4.78 is 33.0. The summed E-state index contributed by atoms with van der Waals surface area (Å²) in [6.45, 7) is 0. The summed E-state index contributed by atoms with van der Waals surface area (Å²) in [6, 6.07) is 4.57. The van der Waals surface area contributed by atoms with Crippen molar-refractivity contribution in [2.75, 3.05) is 12.4 Å². The molecule has 3 aliphatic rings. The molecular formula is C18H25N3O4S. The van der Waals surface area contributed by atoms with Gasteiger partial charge in [0.25, 0.3) is 0 Å². The van der Waals surface area contributed by atoms with Crippen molar-refractivity contribution in [3.8, 4) is 5.75 Å². The van der Waals surface area contributed by atoms with Crippen LogP contribution in [-0.2, 0) is 14.8 Å². The first-order valence-corrected chi connectivity index (χ1v) is 10.6. The zero-order valence-electron chi connectivity index (χ0n) is 14.8. The van der Waals surface area contributed by atoms with E-state index in [4.69, 9.17) is 10.5 Å². The van der Waals surface area contributed by atoms with E-state index in [2.05, 4.69) is 10.0 Å². The van der Waals surface area contributed by atoms with Gasteiger partial charge in [0, 0.05) is 17.8 Å². The van der Waals surface area contributed by atoms with E-state index in [1.165, 1.54) is 13.2 Å². The van der Waals surface area contributed by atoms with E-state index in [1.807, 2.05) is 0 Å². The Hall–Kier alpha value is -1.64. The number of ether oxygens (including phenoxy) is 1. The molecule has 0 saturated heterocycles. The van der Waals surface area contributed by atoms with Gasteiger partial charge in [0.1, 0.15) is 10.6 Å². The van der Waals surface area contributed by atoms with Crippen LogP contribution in [0.2, 0.25) is 0 Å². The Morgan fingerprint density at radius 3 is 2.54 bits per heavy atom. The number of anilines is 1. The number of methoxy groups -OCH3 is 1. The number of benzene rings is 1. The Labute approximate surface area is 153 Å². The third kappa shape index (κ3) is 3.21. The Balaban J connectivity index is 1.55. The molecule has 0 spiro atoms. The van der Waals surface area contributed by atoms with Gasteiger partial charge in [-0.15, -0.1) is 0 Å². The van der Waals surface area contributed by atoms with Crippen molar-refractivity contribution >= 4 is 21.6 Å². The van der Waals surface area contributed by atoms with Crippen LogP contribution in [0.5, 0.6) is 5.75 Å². The molecule has 1 amide bonds. The number of rotatable bonds is 6. The first-order valence-electron chi connectivity index (χ1n) is 9.16. The van der Waals surface area contributed by atoms with Gasteiger partial charge in [0.2, 0.25) is 15.9 Å². The van der Waals surface area contributed by atoms with Crippen LogP contribution in [0.1, 0.15) is 32.1 Å². The second-order valence-electron chi connectivity index (χ2n) is 7.69. The number of sulfonamides is 1.